The first kappa shape index (κ1) is 23.7. The maximum atomic E-state index is 13.3. The first-order valence-electron chi connectivity index (χ1n) is 11.0. The fourth-order valence-electron chi connectivity index (χ4n) is 3.56. The third kappa shape index (κ3) is 5.04. The number of benzene rings is 3. The lowest BCUT2D eigenvalue weighted by molar-refractivity contribution is 0.284. The summed E-state index contributed by atoms with van der Waals surface area (Å²) in [4.78, 5) is 18.0. The second kappa shape index (κ2) is 10.2. The highest BCUT2D eigenvalue weighted by atomic mass is 79.9. The zero-order chi connectivity index (χ0) is 24.2. The van der Waals surface area contributed by atoms with Crippen LogP contribution in [-0.2, 0) is 6.61 Å². The van der Waals surface area contributed by atoms with Crippen LogP contribution >= 0.6 is 15.9 Å². The minimum absolute atomic E-state index is 0.000430. The molecular formula is C27H26BrN3O3. The van der Waals surface area contributed by atoms with Crippen molar-refractivity contribution >= 4 is 33.0 Å². The van der Waals surface area contributed by atoms with Crippen LogP contribution in [0.1, 0.15) is 42.3 Å². The molecule has 0 bridgehead atoms. The van der Waals surface area contributed by atoms with Gasteiger partial charge in [0.2, 0.25) is 0 Å². The number of fused-ring (bicyclic) bond motifs is 1. The standard InChI is InChI=1S/C27H26BrN3O3/c1-17(2)26-30-23-13-12-21(28)14-22(23)27(32)31(26)29-15-20-6-5-7-24(33-4)25(20)34-16-19-10-8-18(3)9-11-19/h5-15,17H,16H2,1-4H3. The van der Waals surface area contributed by atoms with Crippen molar-refractivity contribution in [3.05, 3.63) is 98.0 Å². The molecule has 0 saturated carbocycles. The smallest absolute Gasteiger partial charge is 0.282 e. The second-order valence-corrected chi connectivity index (χ2v) is 9.22. The van der Waals surface area contributed by atoms with Gasteiger partial charge in [-0.1, -0.05) is 65.7 Å². The number of rotatable bonds is 7. The Morgan fingerprint density at radius 3 is 2.59 bits per heavy atom. The topological polar surface area (TPSA) is 65.7 Å². The van der Waals surface area contributed by atoms with Crippen LogP contribution in [0.4, 0.5) is 0 Å². The van der Waals surface area contributed by atoms with Crippen molar-refractivity contribution < 1.29 is 9.47 Å². The molecule has 3 aromatic carbocycles. The first-order valence-corrected chi connectivity index (χ1v) is 11.8. The molecule has 0 fully saturated rings. The Labute approximate surface area is 207 Å². The van der Waals surface area contributed by atoms with Crippen LogP contribution in [-0.4, -0.2) is 23.0 Å². The van der Waals surface area contributed by atoms with E-state index in [2.05, 4.69) is 21.0 Å². The lowest BCUT2D eigenvalue weighted by atomic mass is 10.1. The third-order valence-corrected chi connectivity index (χ3v) is 5.89. The lowest BCUT2D eigenvalue weighted by Gasteiger charge is -2.14. The van der Waals surface area contributed by atoms with Crippen LogP contribution in [0.15, 0.2) is 75.0 Å². The molecule has 4 aromatic rings. The summed E-state index contributed by atoms with van der Waals surface area (Å²) in [7, 11) is 1.60. The number of methoxy groups -OCH3 is 1. The number of hydrogen-bond donors (Lipinski definition) is 0. The Morgan fingerprint density at radius 1 is 1.12 bits per heavy atom. The van der Waals surface area contributed by atoms with Gasteiger partial charge < -0.3 is 9.47 Å². The van der Waals surface area contributed by atoms with Crippen molar-refractivity contribution in [2.75, 3.05) is 7.11 Å². The molecule has 7 heteroatoms. The van der Waals surface area contributed by atoms with Gasteiger partial charge in [-0.15, -0.1) is 0 Å². The largest absolute Gasteiger partial charge is 0.493 e. The summed E-state index contributed by atoms with van der Waals surface area (Å²) in [5.74, 6) is 1.74. The van der Waals surface area contributed by atoms with Gasteiger partial charge in [-0.2, -0.15) is 9.78 Å². The molecule has 0 spiro atoms. The molecule has 34 heavy (non-hydrogen) atoms. The van der Waals surface area contributed by atoms with Gasteiger partial charge in [-0.3, -0.25) is 4.79 Å². The van der Waals surface area contributed by atoms with Crippen LogP contribution in [0.5, 0.6) is 11.5 Å². The summed E-state index contributed by atoms with van der Waals surface area (Å²) < 4.78 is 13.8. The summed E-state index contributed by atoms with van der Waals surface area (Å²) in [6.45, 7) is 6.40. The van der Waals surface area contributed by atoms with E-state index in [-0.39, 0.29) is 11.5 Å². The van der Waals surface area contributed by atoms with Gasteiger partial charge in [0.1, 0.15) is 12.4 Å². The number of aromatic nitrogens is 2. The van der Waals surface area contributed by atoms with Crippen LogP contribution in [0.2, 0.25) is 0 Å². The molecule has 4 rings (SSSR count). The zero-order valence-electron chi connectivity index (χ0n) is 19.6. The Kier molecular flexibility index (Phi) is 7.12. The minimum Gasteiger partial charge on any atom is -0.493 e. The summed E-state index contributed by atoms with van der Waals surface area (Å²) in [6.07, 6.45) is 1.62. The van der Waals surface area contributed by atoms with Gasteiger partial charge in [-0.05, 0) is 42.8 Å². The average molecular weight is 520 g/mol. The van der Waals surface area contributed by atoms with E-state index in [9.17, 15) is 4.79 Å². The van der Waals surface area contributed by atoms with E-state index >= 15 is 0 Å². The van der Waals surface area contributed by atoms with E-state index in [4.69, 9.17) is 14.5 Å². The molecule has 0 atom stereocenters. The Balaban J connectivity index is 1.75. The van der Waals surface area contributed by atoms with Crippen LogP contribution in [0.3, 0.4) is 0 Å². The molecule has 0 aliphatic rings. The molecule has 0 saturated heterocycles. The van der Waals surface area contributed by atoms with Crippen molar-refractivity contribution in [2.45, 2.75) is 33.3 Å². The van der Waals surface area contributed by atoms with Gasteiger partial charge in [0, 0.05) is 16.0 Å². The first-order chi connectivity index (χ1) is 16.4. The fraction of sp³-hybridized carbons (Fsp3) is 0.222. The number of aryl methyl sites for hydroxylation is 1. The Bertz CT molecular complexity index is 1410. The molecule has 0 aliphatic heterocycles. The number of nitrogens with zero attached hydrogens (tertiary/aromatic N) is 3. The number of halogens is 1. The Morgan fingerprint density at radius 2 is 1.88 bits per heavy atom. The fourth-order valence-corrected chi connectivity index (χ4v) is 3.92. The monoisotopic (exact) mass is 519 g/mol. The number of para-hydroxylation sites is 1. The van der Waals surface area contributed by atoms with Crippen molar-refractivity contribution in [1.29, 1.82) is 0 Å². The Hall–Kier alpha value is -3.45. The van der Waals surface area contributed by atoms with Gasteiger partial charge in [-0.25, -0.2) is 4.98 Å². The quantitative estimate of drug-likeness (QED) is 0.278. The maximum Gasteiger partial charge on any atom is 0.282 e. The number of ether oxygens (including phenoxy) is 2. The SMILES string of the molecule is COc1cccc(C=Nn2c(C(C)C)nc3ccc(Br)cc3c2=O)c1OCc1ccc(C)cc1. The van der Waals surface area contributed by atoms with Crippen LogP contribution < -0.4 is 15.0 Å². The lowest BCUT2D eigenvalue weighted by Crippen LogP contribution is -2.23. The number of hydrogen-bond acceptors (Lipinski definition) is 5. The molecule has 174 valence electrons. The maximum absolute atomic E-state index is 13.3. The molecule has 0 unspecified atom stereocenters. The molecular weight excluding hydrogens is 494 g/mol. The zero-order valence-corrected chi connectivity index (χ0v) is 21.2. The van der Waals surface area contributed by atoms with E-state index in [0.29, 0.717) is 40.4 Å². The van der Waals surface area contributed by atoms with E-state index in [1.807, 2.05) is 75.4 Å². The highest BCUT2D eigenvalue weighted by molar-refractivity contribution is 9.10. The molecule has 0 aliphatic carbocycles. The molecule has 1 aromatic heterocycles. The van der Waals surface area contributed by atoms with Crippen molar-refractivity contribution in [1.82, 2.24) is 9.66 Å². The van der Waals surface area contributed by atoms with Crippen molar-refractivity contribution in [2.24, 2.45) is 5.10 Å². The van der Waals surface area contributed by atoms with Gasteiger partial charge in [0.05, 0.1) is 24.2 Å². The van der Waals surface area contributed by atoms with Crippen LogP contribution in [0.25, 0.3) is 10.9 Å². The molecule has 0 amide bonds. The predicted octanol–water partition coefficient (Wildman–Crippen LogP) is 6.06. The summed E-state index contributed by atoms with van der Waals surface area (Å²) >= 11 is 3.44. The molecule has 0 N–H and O–H groups in total. The highest BCUT2D eigenvalue weighted by Gasteiger charge is 2.15. The highest BCUT2D eigenvalue weighted by Crippen LogP contribution is 2.31. The van der Waals surface area contributed by atoms with E-state index in [1.54, 1.807) is 19.4 Å². The summed E-state index contributed by atoms with van der Waals surface area (Å²) in [5, 5.41) is 5.04. The van der Waals surface area contributed by atoms with Gasteiger partial charge in [0.25, 0.3) is 5.56 Å². The van der Waals surface area contributed by atoms with Gasteiger partial charge in [0.15, 0.2) is 11.5 Å². The predicted molar refractivity (Wildman–Crippen MR) is 139 cm³/mol. The average Bonchev–Trinajstić information content (AvgIpc) is 2.83. The third-order valence-electron chi connectivity index (χ3n) is 5.40. The summed E-state index contributed by atoms with van der Waals surface area (Å²) in [5.41, 5.74) is 3.35. The minimum atomic E-state index is -0.226. The van der Waals surface area contributed by atoms with Crippen LogP contribution in [0, 0.1) is 6.92 Å². The van der Waals surface area contributed by atoms with E-state index in [1.165, 1.54) is 10.2 Å². The van der Waals surface area contributed by atoms with Gasteiger partial charge >= 0.3 is 0 Å². The van der Waals surface area contributed by atoms with E-state index < -0.39 is 0 Å². The van der Waals surface area contributed by atoms with Crippen molar-refractivity contribution in [3.63, 3.8) is 0 Å². The molecule has 1 heterocycles. The normalized spacial score (nSPS) is 11.5. The molecule has 0 radical (unpaired) electrons. The second-order valence-electron chi connectivity index (χ2n) is 8.30. The summed E-state index contributed by atoms with van der Waals surface area (Å²) in [6, 6.07) is 19.2. The van der Waals surface area contributed by atoms with E-state index in [0.717, 1.165) is 10.0 Å². The van der Waals surface area contributed by atoms with Crippen molar-refractivity contribution in [3.8, 4) is 11.5 Å². The molecule has 6 nitrogen and oxygen atoms in total.